The summed E-state index contributed by atoms with van der Waals surface area (Å²) in [5.41, 5.74) is 2.99. The van der Waals surface area contributed by atoms with Crippen molar-refractivity contribution in [1.29, 1.82) is 0 Å². The van der Waals surface area contributed by atoms with E-state index in [9.17, 15) is 4.79 Å². The first-order chi connectivity index (χ1) is 14.1. The third kappa shape index (κ3) is 4.65. The fourth-order valence-corrected chi connectivity index (χ4v) is 5.21. The zero-order chi connectivity index (χ0) is 20.2. The Morgan fingerprint density at radius 3 is 2.83 bits per heavy atom. The van der Waals surface area contributed by atoms with Gasteiger partial charge in [0, 0.05) is 28.1 Å². The van der Waals surface area contributed by atoms with Gasteiger partial charge < -0.3 is 9.64 Å². The van der Waals surface area contributed by atoms with Crippen LogP contribution in [0.1, 0.15) is 45.5 Å². The average molecular weight is 425 g/mol. The molecule has 1 aliphatic rings. The highest BCUT2D eigenvalue weighted by Gasteiger charge is 2.30. The van der Waals surface area contributed by atoms with Crippen LogP contribution in [0.4, 0.5) is 0 Å². The maximum absolute atomic E-state index is 13.2. The molecule has 4 rings (SSSR count). The van der Waals surface area contributed by atoms with Gasteiger partial charge in [0.25, 0.3) is 5.91 Å². The highest BCUT2D eigenvalue weighted by molar-refractivity contribution is 7.98. The van der Waals surface area contributed by atoms with Gasteiger partial charge in [0.15, 0.2) is 0 Å². The van der Waals surface area contributed by atoms with Gasteiger partial charge in [0.1, 0.15) is 5.75 Å². The van der Waals surface area contributed by atoms with E-state index in [0.29, 0.717) is 0 Å². The Kier molecular flexibility index (Phi) is 6.21. The summed E-state index contributed by atoms with van der Waals surface area (Å²) in [6, 6.07) is 16.1. The van der Waals surface area contributed by atoms with Gasteiger partial charge in [-0.1, -0.05) is 12.1 Å². The minimum atomic E-state index is 0.0991. The maximum Gasteiger partial charge on any atom is 0.254 e. The highest BCUT2D eigenvalue weighted by Crippen LogP contribution is 2.35. The number of ether oxygens (including phenoxy) is 1. The van der Waals surface area contributed by atoms with Crippen LogP contribution in [0, 0.1) is 6.92 Å². The molecule has 150 valence electrons. The van der Waals surface area contributed by atoms with E-state index in [1.165, 1.54) is 0 Å². The number of nitrogens with zero attached hydrogens (tertiary/aromatic N) is 2. The van der Waals surface area contributed by atoms with Gasteiger partial charge in [-0.2, -0.15) is 0 Å². The third-order valence-corrected chi connectivity index (χ3v) is 7.01. The molecule has 4 nitrogen and oxygen atoms in total. The molecule has 0 aliphatic carbocycles. The summed E-state index contributed by atoms with van der Waals surface area (Å²) in [4.78, 5) is 20.8. The largest absolute Gasteiger partial charge is 0.497 e. The summed E-state index contributed by atoms with van der Waals surface area (Å²) in [6.07, 6.45) is 2.01. The molecule has 1 atom stereocenters. The molecular formula is C23H24N2O2S2. The molecule has 29 heavy (non-hydrogen) atoms. The van der Waals surface area contributed by atoms with Gasteiger partial charge in [-0.25, -0.2) is 4.98 Å². The molecule has 0 spiro atoms. The number of thioether (sulfide) groups is 1. The lowest BCUT2D eigenvalue weighted by molar-refractivity contribution is 0.0735. The van der Waals surface area contributed by atoms with Crippen molar-refractivity contribution in [2.45, 2.75) is 36.5 Å². The number of benzene rings is 2. The van der Waals surface area contributed by atoms with Crippen LogP contribution in [0.3, 0.4) is 0 Å². The summed E-state index contributed by atoms with van der Waals surface area (Å²) < 4.78 is 5.35. The lowest BCUT2D eigenvalue weighted by Gasteiger charge is -2.25. The van der Waals surface area contributed by atoms with Crippen LogP contribution in [0.25, 0.3) is 0 Å². The Morgan fingerprint density at radius 2 is 2.10 bits per heavy atom. The van der Waals surface area contributed by atoms with Crippen molar-refractivity contribution in [3.8, 4) is 5.75 Å². The molecule has 0 radical (unpaired) electrons. The number of aromatic nitrogens is 1. The van der Waals surface area contributed by atoms with Crippen molar-refractivity contribution in [3.05, 3.63) is 75.7 Å². The molecular weight excluding hydrogens is 400 g/mol. The smallest absolute Gasteiger partial charge is 0.254 e. The highest BCUT2D eigenvalue weighted by atomic mass is 32.2. The van der Waals surface area contributed by atoms with Crippen molar-refractivity contribution in [3.63, 3.8) is 0 Å². The van der Waals surface area contributed by atoms with Crippen LogP contribution in [0.2, 0.25) is 0 Å². The Balaban J connectivity index is 1.44. The van der Waals surface area contributed by atoms with Gasteiger partial charge in [-0.05, 0) is 61.7 Å². The number of hydrogen-bond acceptors (Lipinski definition) is 5. The number of amides is 1. The first-order valence-electron chi connectivity index (χ1n) is 9.73. The van der Waals surface area contributed by atoms with E-state index in [4.69, 9.17) is 4.74 Å². The van der Waals surface area contributed by atoms with E-state index in [0.717, 1.165) is 57.6 Å². The van der Waals surface area contributed by atoms with Gasteiger partial charge in [0.05, 0.1) is 23.9 Å². The van der Waals surface area contributed by atoms with Crippen LogP contribution in [-0.4, -0.2) is 29.4 Å². The lowest BCUT2D eigenvalue weighted by atomic mass is 10.0. The summed E-state index contributed by atoms with van der Waals surface area (Å²) >= 11 is 3.42. The molecule has 1 amide bonds. The molecule has 6 heteroatoms. The summed E-state index contributed by atoms with van der Waals surface area (Å²) in [7, 11) is 1.67. The lowest BCUT2D eigenvalue weighted by Crippen LogP contribution is -2.30. The van der Waals surface area contributed by atoms with Gasteiger partial charge in [0.2, 0.25) is 0 Å². The molecule has 2 aromatic carbocycles. The first-order valence-corrected chi connectivity index (χ1v) is 11.6. The van der Waals surface area contributed by atoms with Gasteiger partial charge >= 0.3 is 0 Å². The van der Waals surface area contributed by atoms with Crippen molar-refractivity contribution >= 4 is 29.0 Å². The number of carbonyl (C=O) groups excluding carboxylic acids is 1. The molecule has 2 heterocycles. The van der Waals surface area contributed by atoms with Gasteiger partial charge in [-0.3, -0.25) is 4.79 Å². The second-order valence-corrected chi connectivity index (χ2v) is 9.22. The Bertz CT molecular complexity index is 985. The fourth-order valence-electron chi connectivity index (χ4n) is 3.70. The van der Waals surface area contributed by atoms with E-state index in [1.807, 2.05) is 54.3 Å². The minimum absolute atomic E-state index is 0.0991. The predicted molar refractivity (Wildman–Crippen MR) is 119 cm³/mol. The van der Waals surface area contributed by atoms with Crippen LogP contribution in [0.15, 0.2) is 58.8 Å². The molecule has 0 N–H and O–H groups in total. The molecule has 0 bridgehead atoms. The Morgan fingerprint density at radius 1 is 1.28 bits per heavy atom. The molecule has 3 aromatic rings. The summed E-state index contributed by atoms with van der Waals surface area (Å²) in [5, 5.41) is 3.20. The van der Waals surface area contributed by atoms with E-state index in [1.54, 1.807) is 30.2 Å². The van der Waals surface area contributed by atoms with Crippen LogP contribution < -0.4 is 4.74 Å². The Hall–Kier alpha value is -2.31. The predicted octanol–water partition coefficient (Wildman–Crippen LogP) is 5.73. The number of carbonyl (C=O) groups is 1. The van der Waals surface area contributed by atoms with Crippen molar-refractivity contribution in [2.24, 2.45) is 0 Å². The monoisotopic (exact) mass is 424 g/mol. The van der Waals surface area contributed by atoms with Crippen molar-refractivity contribution in [1.82, 2.24) is 9.88 Å². The topological polar surface area (TPSA) is 42.4 Å². The van der Waals surface area contributed by atoms with Crippen LogP contribution >= 0.6 is 23.1 Å². The minimum Gasteiger partial charge on any atom is -0.497 e. The van der Waals surface area contributed by atoms with Crippen LogP contribution in [-0.2, 0) is 5.75 Å². The summed E-state index contributed by atoms with van der Waals surface area (Å²) in [5.74, 6) is 1.78. The number of likely N-dealkylation sites (tertiary alicyclic amines) is 1. The van der Waals surface area contributed by atoms with E-state index < -0.39 is 0 Å². The zero-order valence-corrected chi connectivity index (χ0v) is 18.3. The number of thiazole rings is 1. The van der Waals surface area contributed by atoms with Gasteiger partial charge in [-0.15, -0.1) is 23.1 Å². The zero-order valence-electron chi connectivity index (χ0n) is 16.6. The number of hydrogen-bond donors (Lipinski definition) is 0. The second kappa shape index (κ2) is 9.01. The molecule has 1 aromatic heterocycles. The van der Waals surface area contributed by atoms with Crippen molar-refractivity contribution in [2.75, 3.05) is 13.7 Å². The second-order valence-electron chi connectivity index (χ2n) is 7.10. The number of aryl methyl sites for hydroxylation is 1. The third-order valence-electron chi connectivity index (χ3n) is 5.15. The first kappa shape index (κ1) is 20.0. The quantitative estimate of drug-likeness (QED) is 0.474. The standard InChI is InChI=1S/C23H24N2O2S2/c1-16-24-19(14-28-16)15-29-21-10-8-17(9-11-21)23(26)25-12-4-7-22(25)18-5-3-6-20(13-18)27-2/h3,5-6,8-11,13-14,22H,4,7,12,15H2,1-2H3. The van der Waals surface area contributed by atoms with E-state index >= 15 is 0 Å². The molecule has 1 saturated heterocycles. The molecule has 1 fully saturated rings. The number of methoxy groups -OCH3 is 1. The maximum atomic E-state index is 13.2. The van der Waals surface area contributed by atoms with Crippen molar-refractivity contribution < 1.29 is 9.53 Å². The summed E-state index contributed by atoms with van der Waals surface area (Å²) in [6.45, 7) is 2.82. The SMILES string of the molecule is COc1cccc(C2CCCN2C(=O)c2ccc(SCc3csc(C)n3)cc2)c1. The Labute approximate surface area is 179 Å². The number of rotatable bonds is 6. The normalized spacial score (nSPS) is 16.2. The molecule has 1 unspecified atom stereocenters. The van der Waals surface area contributed by atoms with E-state index in [-0.39, 0.29) is 11.9 Å². The fraction of sp³-hybridized carbons (Fsp3) is 0.304. The average Bonchev–Trinajstić information content (AvgIpc) is 3.41. The molecule has 1 aliphatic heterocycles. The van der Waals surface area contributed by atoms with E-state index in [2.05, 4.69) is 16.4 Å². The van der Waals surface area contributed by atoms with Crippen LogP contribution in [0.5, 0.6) is 5.75 Å². The molecule has 0 saturated carbocycles.